The van der Waals surface area contributed by atoms with E-state index in [1.54, 1.807) is 23.1 Å². The van der Waals surface area contributed by atoms with Crippen molar-refractivity contribution in [3.05, 3.63) is 59.3 Å². The highest BCUT2D eigenvalue weighted by Gasteiger charge is 2.03. The molecule has 0 spiro atoms. The molecular weight excluding hydrogens is 290 g/mol. The number of hydrogen-bond donors (Lipinski definition) is 0. The average molecular weight is 302 g/mol. The number of rotatable bonds is 4. The predicted molar refractivity (Wildman–Crippen MR) is 77.5 cm³/mol. The van der Waals surface area contributed by atoms with Gasteiger partial charge in [-0.3, -0.25) is 0 Å². The van der Waals surface area contributed by atoms with Crippen molar-refractivity contribution in [1.82, 2.24) is 25.0 Å². The van der Waals surface area contributed by atoms with Gasteiger partial charge < -0.3 is 4.74 Å². The Hall–Kier alpha value is -2.47. The smallest absolute Gasteiger partial charge is 0.155 e. The van der Waals surface area contributed by atoms with Gasteiger partial charge in [0.15, 0.2) is 11.0 Å². The fraction of sp³-hybridized carbons (Fsp3) is 0.143. The summed E-state index contributed by atoms with van der Waals surface area (Å²) in [5.74, 6) is 1.32. The average Bonchev–Trinajstić information content (AvgIpc) is 2.92. The molecule has 0 fully saturated rings. The molecule has 0 aliphatic heterocycles. The van der Waals surface area contributed by atoms with E-state index in [4.69, 9.17) is 16.3 Å². The van der Waals surface area contributed by atoms with Crippen molar-refractivity contribution in [2.24, 2.45) is 0 Å². The van der Waals surface area contributed by atoms with Crippen molar-refractivity contribution in [1.29, 1.82) is 0 Å². The van der Waals surface area contributed by atoms with E-state index in [-0.39, 0.29) is 0 Å². The first-order valence-electron chi connectivity index (χ1n) is 6.28. The molecular formula is C14H12ClN5O. The van der Waals surface area contributed by atoms with Gasteiger partial charge in [0.1, 0.15) is 12.4 Å². The van der Waals surface area contributed by atoms with Crippen LogP contribution in [0.25, 0.3) is 5.82 Å². The third-order valence-electron chi connectivity index (χ3n) is 2.76. The maximum absolute atomic E-state index is 5.76. The Morgan fingerprint density at radius 3 is 2.95 bits per heavy atom. The quantitative estimate of drug-likeness (QED) is 0.741. The van der Waals surface area contributed by atoms with Gasteiger partial charge in [-0.05, 0) is 30.2 Å². The van der Waals surface area contributed by atoms with Crippen molar-refractivity contribution < 1.29 is 4.74 Å². The van der Waals surface area contributed by atoms with Gasteiger partial charge in [-0.2, -0.15) is 10.2 Å². The van der Waals surface area contributed by atoms with Crippen LogP contribution in [0.5, 0.6) is 5.75 Å². The zero-order chi connectivity index (χ0) is 14.7. The first-order chi connectivity index (χ1) is 10.2. The molecule has 3 aromatic heterocycles. The molecule has 0 saturated heterocycles. The van der Waals surface area contributed by atoms with E-state index in [0.29, 0.717) is 17.5 Å². The zero-order valence-electron chi connectivity index (χ0n) is 11.3. The first kappa shape index (κ1) is 13.5. The second-order valence-electron chi connectivity index (χ2n) is 4.49. The topological polar surface area (TPSA) is 65.7 Å². The molecule has 3 rings (SSSR count). The van der Waals surface area contributed by atoms with Crippen molar-refractivity contribution in [2.45, 2.75) is 13.5 Å². The number of halogens is 1. The van der Waals surface area contributed by atoms with Gasteiger partial charge in [0, 0.05) is 18.5 Å². The molecule has 0 aliphatic rings. The fourth-order valence-corrected chi connectivity index (χ4v) is 1.93. The highest BCUT2D eigenvalue weighted by atomic mass is 35.5. The van der Waals surface area contributed by atoms with Crippen LogP contribution in [0.15, 0.2) is 43.0 Å². The maximum atomic E-state index is 5.76. The molecule has 3 heterocycles. The van der Waals surface area contributed by atoms with Crippen molar-refractivity contribution >= 4 is 11.6 Å². The molecule has 0 amide bonds. The van der Waals surface area contributed by atoms with Gasteiger partial charge >= 0.3 is 0 Å². The monoisotopic (exact) mass is 301 g/mol. The maximum Gasteiger partial charge on any atom is 0.155 e. The van der Waals surface area contributed by atoms with Gasteiger partial charge in [0.25, 0.3) is 0 Å². The molecule has 0 saturated carbocycles. The summed E-state index contributed by atoms with van der Waals surface area (Å²) in [4.78, 5) is 4.29. The molecule has 21 heavy (non-hydrogen) atoms. The van der Waals surface area contributed by atoms with Gasteiger partial charge in [-0.1, -0.05) is 11.6 Å². The van der Waals surface area contributed by atoms with Gasteiger partial charge in [0.2, 0.25) is 0 Å². The van der Waals surface area contributed by atoms with E-state index in [9.17, 15) is 0 Å². The Labute approximate surface area is 126 Å². The standard InChI is InChI=1S/C14H12ClN5O/c1-10-6-18-20(8-10)14-4-11(2-3-16-14)9-21-12-5-13(15)19-17-7-12/h2-8H,9H2,1H3. The SMILES string of the molecule is Cc1cnn(-c2cc(COc3cnnc(Cl)c3)ccn2)c1. The molecule has 7 heteroatoms. The van der Waals surface area contributed by atoms with Crippen LogP contribution in [0.1, 0.15) is 11.1 Å². The van der Waals surface area contributed by atoms with Crippen LogP contribution in [-0.2, 0) is 6.61 Å². The summed E-state index contributed by atoms with van der Waals surface area (Å²) < 4.78 is 7.35. The second-order valence-corrected chi connectivity index (χ2v) is 4.87. The van der Waals surface area contributed by atoms with Crippen LogP contribution >= 0.6 is 11.6 Å². The Morgan fingerprint density at radius 2 is 2.19 bits per heavy atom. The van der Waals surface area contributed by atoms with E-state index < -0.39 is 0 Å². The highest BCUT2D eigenvalue weighted by molar-refractivity contribution is 6.29. The molecule has 0 atom stereocenters. The number of ether oxygens (including phenoxy) is 1. The second kappa shape index (κ2) is 5.88. The number of pyridine rings is 1. The Balaban J connectivity index is 1.74. The molecule has 3 aromatic rings. The molecule has 106 valence electrons. The normalized spacial score (nSPS) is 10.6. The van der Waals surface area contributed by atoms with Crippen molar-refractivity contribution in [3.63, 3.8) is 0 Å². The van der Waals surface area contributed by atoms with E-state index in [2.05, 4.69) is 20.3 Å². The Bertz CT molecular complexity index is 758. The highest BCUT2D eigenvalue weighted by Crippen LogP contribution is 2.15. The molecule has 6 nitrogen and oxygen atoms in total. The van der Waals surface area contributed by atoms with E-state index >= 15 is 0 Å². The number of hydrogen-bond acceptors (Lipinski definition) is 5. The van der Waals surface area contributed by atoms with E-state index in [0.717, 1.165) is 16.9 Å². The zero-order valence-corrected chi connectivity index (χ0v) is 12.0. The van der Waals surface area contributed by atoms with Gasteiger partial charge in [-0.15, -0.1) is 5.10 Å². The molecule has 0 aromatic carbocycles. The minimum absolute atomic E-state index is 0.301. The summed E-state index contributed by atoms with van der Waals surface area (Å²) in [5, 5.41) is 11.9. The summed E-state index contributed by atoms with van der Waals surface area (Å²) in [5.41, 5.74) is 2.05. The third kappa shape index (κ3) is 3.35. The fourth-order valence-electron chi connectivity index (χ4n) is 1.78. The van der Waals surface area contributed by atoms with Crippen LogP contribution < -0.4 is 4.74 Å². The van der Waals surface area contributed by atoms with E-state index in [1.165, 1.54) is 6.20 Å². The number of nitrogens with zero attached hydrogens (tertiary/aromatic N) is 5. The lowest BCUT2D eigenvalue weighted by atomic mass is 10.3. The first-order valence-corrected chi connectivity index (χ1v) is 6.66. The molecule has 0 N–H and O–H groups in total. The number of aromatic nitrogens is 5. The van der Waals surface area contributed by atoms with Crippen LogP contribution in [-0.4, -0.2) is 25.0 Å². The number of aryl methyl sites for hydroxylation is 1. The summed E-state index contributed by atoms with van der Waals surface area (Å²) in [6, 6.07) is 5.42. The lowest BCUT2D eigenvalue weighted by molar-refractivity contribution is 0.304. The summed E-state index contributed by atoms with van der Waals surface area (Å²) in [6.45, 7) is 2.37. The largest absolute Gasteiger partial charge is 0.487 e. The lowest BCUT2D eigenvalue weighted by Gasteiger charge is -2.07. The van der Waals surface area contributed by atoms with Crippen molar-refractivity contribution in [2.75, 3.05) is 0 Å². The summed E-state index contributed by atoms with van der Waals surface area (Å²) >= 11 is 5.76. The van der Waals surface area contributed by atoms with Crippen LogP contribution in [0, 0.1) is 6.92 Å². The van der Waals surface area contributed by atoms with Crippen LogP contribution in [0.2, 0.25) is 5.15 Å². The van der Waals surface area contributed by atoms with Crippen LogP contribution in [0.3, 0.4) is 0 Å². The van der Waals surface area contributed by atoms with Gasteiger partial charge in [-0.25, -0.2) is 9.67 Å². The minimum atomic E-state index is 0.301. The Morgan fingerprint density at radius 1 is 1.29 bits per heavy atom. The van der Waals surface area contributed by atoms with E-state index in [1.807, 2.05) is 25.3 Å². The van der Waals surface area contributed by atoms with Crippen LogP contribution in [0.4, 0.5) is 0 Å². The molecule has 0 unspecified atom stereocenters. The van der Waals surface area contributed by atoms with Gasteiger partial charge in [0.05, 0.1) is 12.4 Å². The Kier molecular flexibility index (Phi) is 3.79. The van der Waals surface area contributed by atoms with Crippen molar-refractivity contribution in [3.8, 4) is 11.6 Å². The summed E-state index contributed by atoms with van der Waals surface area (Å²) in [7, 11) is 0. The minimum Gasteiger partial charge on any atom is -0.487 e. The molecule has 0 aliphatic carbocycles. The third-order valence-corrected chi connectivity index (χ3v) is 2.95. The molecule has 0 bridgehead atoms. The predicted octanol–water partition coefficient (Wildman–Crippen LogP) is 2.60. The summed E-state index contributed by atoms with van der Waals surface area (Å²) in [6.07, 6.45) is 6.95. The molecule has 0 radical (unpaired) electrons. The lowest BCUT2D eigenvalue weighted by Crippen LogP contribution is -2.01.